The molecule has 7 heteroatoms. The zero-order valence-corrected chi connectivity index (χ0v) is 17.6. The number of benzene rings is 1. The van der Waals surface area contributed by atoms with Crippen molar-refractivity contribution in [3.63, 3.8) is 0 Å². The van der Waals surface area contributed by atoms with Gasteiger partial charge < -0.3 is 4.55 Å². The molecule has 31 heavy (non-hydrogen) atoms. The molecule has 0 N–H and O–H groups in total. The standard InChI is InChI=1S/C24H19N5OS/c1-31(30)24-28-12-9-21(29-24)23(18-6-2-5-17(13-18)14-25)22(19-7-3-10-26-15-19)20-8-4-11-27-16-20/h2-13,15-16,22-23H,1H3. The van der Waals surface area contributed by atoms with E-state index < -0.39 is 11.2 Å². The van der Waals surface area contributed by atoms with Crippen LogP contribution in [0.1, 0.15) is 39.8 Å². The number of aromatic nitrogens is 4. The summed E-state index contributed by atoms with van der Waals surface area (Å²) >= 11 is -1.32. The average molecular weight is 426 g/mol. The second kappa shape index (κ2) is 9.47. The Morgan fingerprint density at radius 2 is 1.55 bits per heavy atom. The van der Waals surface area contributed by atoms with Gasteiger partial charge in [-0.2, -0.15) is 15.2 Å². The fourth-order valence-corrected chi connectivity index (χ4v) is 4.14. The first-order valence-corrected chi connectivity index (χ1v) is 11.2. The van der Waals surface area contributed by atoms with E-state index in [1.807, 2.05) is 60.9 Å². The molecule has 152 valence electrons. The number of pyridine rings is 2. The average Bonchev–Trinajstić information content (AvgIpc) is 2.83. The Bertz CT molecular complexity index is 1160. The van der Waals surface area contributed by atoms with E-state index in [0.29, 0.717) is 11.3 Å². The van der Waals surface area contributed by atoms with Gasteiger partial charge in [0.25, 0.3) is 0 Å². The molecule has 4 rings (SSSR count). The molecule has 0 aliphatic carbocycles. The smallest absolute Gasteiger partial charge is 0.342 e. The Hall–Kier alpha value is -3.60. The molecule has 0 aliphatic heterocycles. The quantitative estimate of drug-likeness (QED) is 0.344. The van der Waals surface area contributed by atoms with Crippen LogP contribution in [0.4, 0.5) is 0 Å². The molecule has 3 aromatic heterocycles. The van der Waals surface area contributed by atoms with E-state index in [0.717, 1.165) is 16.7 Å². The van der Waals surface area contributed by atoms with Crippen LogP contribution in [0.2, 0.25) is 0 Å². The number of rotatable bonds is 6. The van der Waals surface area contributed by atoms with Gasteiger partial charge in [-0.05, 0) is 47.0 Å². The Morgan fingerprint density at radius 3 is 2.13 bits per heavy atom. The van der Waals surface area contributed by atoms with E-state index in [1.54, 1.807) is 30.9 Å². The van der Waals surface area contributed by atoms with Crippen LogP contribution in [-0.2, 0) is 11.2 Å². The first-order valence-electron chi connectivity index (χ1n) is 9.63. The van der Waals surface area contributed by atoms with Crippen LogP contribution < -0.4 is 0 Å². The van der Waals surface area contributed by atoms with Gasteiger partial charge in [0.05, 0.1) is 17.3 Å². The predicted molar refractivity (Wildman–Crippen MR) is 118 cm³/mol. The molecule has 0 bridgehead atoms. The molecule has 1 aromatic carbocycles. The highest BCUT2D eigenvalue weighted by Crippen LogP contribution is 2.42. The van der Waals surface area contributed by atoms with Crippen molar-refractivity contribution in [2.24, 2.45) is 0 Å². The van der Waals surface area contributed by atoms with Crippen LogP contribution >= 0.6 is 0 Å². The van der Waals surface area contributed by atoms with Crippen LogP contribution in [0.25, 0.3) is 0 Å². The zero-order valence-electron chi connectivity index (χ0n) is 16.8. The molecule has 0 radical (unpaired) electrons. The van der Waals surface area contributed by atoms with Crippen molar-refractivity contribution in [3.05, 3.63) is 114 Å². The summed E-state index contributed by atoms with van der Waals surface area (Å²) in [6.07, 6.45) is 10.3. The lowest BCUT2D eigenvalue weighted by molar-refractivity contribution is 0.587. The van der Waals surface area contributed by atoms with E-state index in [2.05, 4.69) is 26.0 Å². The summed E-state index contributed by atoms with van der Waals surface area (Å²) in [5, 5.41) is 9.74. The summed E-state index contributed by atoms with van der Waals surface area (Å²) in [7, 11) is 0. The van der Waals surface area contributed by atoms with Crippen molar-refractivity contribution in [1.29, 1.82) is 5.26 Å². The van der Waals surface area contributed by atoms with Gasteiger partial charge in [-0.25, -0.2) is 0 Å². The molecule has 0 saturated carbocycles. The fourth-order valence-electron chi connectivity index (χ4n) is 3.70. The second-order valence-electron chi connectivity index (χ2n) is 6.98. The molecular formula is C24H19N5OS. The third-order valence-corrected chi connectivity index (χ3v) is 5.74. The van der Waals surface area contributed by atoms with Crippen LogP contribution in [0.3, 0.4) is 0 Å². The monoisotopic (exact) mass is 425 g/mol. The van der Waals surface area contributed by atoms with Gasteiger partial charge >= 0.3 is 5.16 Å². The van der Waals surface area contributed by atoms with Gasteiger partial charge in [0.1, 0.15) is 6.26 Å². The third-order valence-electron chi connectivity index (χ3n) is 5.03. The highest BCUT2D eigenvalue weighted by molar-refractivity contribution is 7.90. The summed E-state index contributed by atoms with van der Waals surface area (Å²) < 4.78 is 12.1. The lowest BCUT2D eigenvalue weighted by Crippen LogP contribution is -2.18. The lowest BCUT2D eigenvalue weighted by atomic mass is 9.76. The van der Waals surface area contributed by atoms with Crippen LogP contribution in [-0.4, -0.2) is 30.7 Å². The number of hydrogen-bond donors (Lipinski definition) is 0. The van der Waals surface area contributed by atoms with Crippen molar-refractivity contribution >= 4 is 11.2 Å². The van der Waals surface area contributed by atoms with Gasteiger partial charge in [0.15, 0.2) is 0 Å². The van der Waals surface area contributed by atoms with E-state index in [4.69, 9.17) is 0 Å². The van der Waals surface area contributed by atoms with E-state index >= 15 is 0 Å². The molecule has 2 unspecified atom stereocenters. The topological polar surface area (TPSA) is 98.4 Å². The highest BCUT2D eigenvalue weighted by Gasteiger charge is 2.31. The van der Waals surface area contributed by atoms with E-state index in [-0.39, 0.29) is 17.0 Å². The number of nitrogens with zero attached hydrogens (tertiary/aromatic N) is 5. The molecule has 0 spiro atoms. The van der Waals surface area contributed by atoms with Crippen molar-refractivity contribution in [3.8, 4) is 6.07 Å². The van der Waals surface area contributed by atoms with Gasteiger partial charge in [-0.1, -0.05) is 24.3 Å². The Morgan fingerprint density at radius 1 is 0.871 bits per heavy atom. The molecule has 6 nitrogen and oxygen atoms in total. The molecular weight excluding hydrogens is 406 g/mol. The van der Waals surface area contributed by atoms with E-state index in [9.17, 15) is 9.81 Å². The number of hydrogen-bond acceptors (Lipinski definition) is 6. The van der Waals surface area contributed by atoms with Crippen LogP contribution in [0.5, 0.6) is 0 Å². The lowest BCUT2D eigenvalue weighted by Gasteiger charge is -2.28. The summed E-state index contributed by atoms with van der Waals surface area (Å²) in [4.78, 5) is 17.5. The Balaban J connectivity index is 1.97. The minimum absolute atomic E-state index is 0.176. The minimum atomic E-state index is -1.32. The summed E-state index contributed by atoms with van der Waals surface area (Å²) in [5.74, 6) is -0.448. The maximum atomic E-state index is 12.1. The Kier molecular flexibility index (Phi) is 6.32. The minimum Gasteiger partial charge on any atom is -0.609 e. The second-order valence-corrected chi connectivity index (χ2v) is 8.26. The largest absolute Gasteiger partial charge is 0.609 e. The normalized spacial score (nSPS) is 12.8. The van der Waals surface area contributed by atoms with E-state index in [1.165, 1.54) is 0 Å². The maximum absolute atomic E-state index is 12.1. The predicted octanol–water partition coefficient (Wildman–Crippen LogP) is 3.84. The van der Waals surface area contributed by atoms with Crippen molar-refractivity contribution in [2.75, 3.05) is 6.26 Å². The number of nitriles is 1. The zero-order chi connectivity index (χ0) is 21.6. The molecule has 3 heterocycles. The van der Waals surface area contributed by atoms with Gasteiger partial charge in [-0.3, -0.25) is 9.97 Å². The van der Waals surface area contributed by atoms with Crippen molar-refractivity contribution in [2.45, 2.75) is 17.0 Å². The molecule has 2 atom stereocenters. The molecule has 0 aliphatic rings. The molecule has 4 aromatic rings. The van der Waals surface area contributed by atoms with Crippen molar-refractivity contribution in [1.82, 2.24) is 19.9 Å². The third kappa shape index (κ3) is 4.61. The highest BCUT2D eigenvalue weighted by atomic mass is 32.2. The molecule has 0 fully saturated rings. The maximum Gasteiger partial charge on any atom is 0.342 e. The Labute approximate surface area is 183 Å². The van der Waals surface area contributed by atoms with Gasteiger partial charge in [0, 0.05) is 54.0 Å². The van der Waals surface area contributed by atoms with Crippen LogP contribution in [0, 0.1) is 11.3 Å². The fraction of sp³-hybridized carbons (Fsp3) is 0.125. The molecule has 0 amide bonds. The van der Waals surface area contributed by atoms with Crippen LogP contribution in [0.15, 0.2) is 90.7 Å². The van der Waals surface area contributed by atoms with Crippen molar-refractivity contribution < 1.29 is 4.55 Å². The summed E-state index contributed by atoms with van der Waals surface area (Å²) in [5.41, 5.74) is 4.17. The summed E-state index contributed by atoms with van der Waals surface area (Å²) in [6, 6.07) is 19.4. The van der Waals surface area contributed by atoms with Gasteiger partial charge in [0.2, 0.25) is 0 Å². The first-order chi connectivity index (χ1) is 15.2. The summed E-state index contributed by atoms with van der Waals surface area (Å²) in [6.45, 7) is 0. The SMILES string of the molecule is C[S+]([O-])c1nccc(C(c2cccc(C#N)c2)C(c2cccnc2)c2cccnc2)n1. The first kappa shape index (κ1) is 20.7. The van der Waals surface area contributed by atoms with Gasteiger partial charge in [-0.15, -0.1) is 0 Å². The molecule has 0 saturated heterocycles.